The van der Waals surface area contributed by atoms with Gasteiger partial charge in [0.2, 0.25) is 5.91 Å². The zero-order valence-electron chi connectivity index (χ0n) is 12.0. The Morgan fingerprint density at radius 3 is 2.55 bits per heavy atom. The molecular weight excluding hydrogens is 318 g/mol. The molecule has 1 fully saturated rings. The molecule has 1 saturated carbocycles. The molecule has 0 spiro atoms. The number of alkyl halides is 1. The number of rotatable bonds is 7. The van der Waals surface area contributed by atoms with Gasteiger partial charge < -0.3 is 9.64 Å². The highest BCUT2D eigenvalue weighted by atomic mass is 79.9. The number of ether oxygens (including phenoxy) is 1. The molecule has 1 aliphatic carbocycles. The zero-order valence-corrected chi connectivity index (χ0v) is 13.6. The van der Waals surface area contributed by atoms with Crippen LogP contribution in [-0.4, -0.2) is 35.8 Å². The van der Waals surface area contributed by atoms with Crippen LogP contribution >= 0.6 is 15.9 Å². The van der Waals surface area contributed by atoms with Crippen molar-refractivity contribution in [3.63, 3.8) is 0 Å². The van der Waals surface area contributed by atoms with E-state index in [1.54, 1.807) is 7.11 Å². The number of carbonyl (C=O) groups excluding carboxylic acids is 1. The maximum atomic E-state index is 12.5. The topological polar surface area (TPSA) is 29.5 Å². The smallest absolute Gasteiger partial charge is 0.227 e. The lowest BCUT2D eigenvalue weighted by molar-refractivity contribution is -0.134. The van der Waals surface area contributed by atoms with Crippen LogP contribution in [0.15, 0.2) is 24.3 Å². The third-order valence-corrected chi connectivity index (χ3v) is 4.44. The minimum atomic E-state index is 0.251. The molecule has 0 aromatic heterocycles. The first-order valence-corrected chi connectivity index (χ1v) is 8.35. The van der Waals surface area contributed by atoms with Crippen molar-refractivity contribution in [1.29, 1.82) is 0 Å². The van der Waals surface area contributed by atoms with E-state index in [2.05, 4.69) is 20.8 Å². The van der Waals surface area contributed by atoms with E-state index in [9.17, 15) is 4.79 Å². The maximum absolute atomic E-state index is 12.5. The standard InChI is InChI=1S/C16H22BrNO2/c1-20-15-8-6-13(7-9-15)12-16(19)18(11-3-10-17)14-4-2-5-14/h6-9,14H,2-5,10-12H2,1H3. The number of halogens is 1. The van der Waals surface area contributed by atoms with Crippen molar-refractivity contribution in [2.24, 2.45) is 0 Å². The molecule has 0 bridgehead atoms. The molecule has 0 N–H and O–H groups in total. The third kappa shape index (κ3) is 3.98. The lowest BCUT2D eigenvalue weighted by Gasteiger charge is -2.37. The van der Waals surface area contributed by atoms with Crippen LogP contribution in [0.4, 0.5) is 0 Å². The molecule has 0 unspecified atom stereocenters. The molecule has 1 aromatic carbocycles. The molecule has 0 radical (unpaired) electrons. The fourth-order valence-electron chi connectivity index (χ4n) is 2.46. The number of hydrogen-bond acceptors (Lipinski definition) is 2. The predicted molar refractivity (Wildman–Crippen MR) is 84.5 cm³/mol. The van der Waals surface area contributed by atoms with Crippen molar-refractivity contribution < 1.29 is 9.53 Å². The second kappa shape index (κ2) is 7.67. The number of amides is 1. The van der Waals surface area contributed by atoms with Gasteiger partial charge in [-0.3, -0.25) is 4.79 Å². The average molecular weight is 340 g/mol. The van der Waals surface area contributed by atoms with Gasteiger partial charge in [-0.1, -0.05) is 28.1 Å². The number of methoxy groups -OCH3 is 1. The molecule has 1 aliphatic rings. The summed E-state index contributed by atoms with van der Waals surface area (Å²) in [5, 5.41) is 0.950. The molecular formula is C16H22BrNO2. The van der Waals surface area contributed by atoms with Crippen molar-refractivity contribution in [3.05, 3.63) is 29.8 Å². The fraction of sp³-hybridized carbons (Fsp3) is 0.562. The number of nitrogens with zero attached hydrogens (tertiary/aromatic N) is 1. The Kier molecular flexibility index (Phi) is 5.89. The minimum absolute atomic E-state index is 0.251. The minimum Gasteiger partial charge on any atom is -0.497 e. The molecule has 1 amide bonds. The van der Waals surface area contributed by atoms with Crippen LogP contribution in [0.3, 0.4) is 0 Å². The van der Waals surface area contributed by atoms with E-state index in [4.69, 9.17) is 4.74 Å². The average Bonchev–Trinajstić information content (AvgIpc) is 2.42. The van der Waals surface area contributed by atoms with Crippen molar-refractivity contribution >= 4 is 21.8 Å². The van der Waals surface area contributed by atoms with E-state index in [-0.39, 0.29) is 5.91 Å². The zero-order chi connectivity index (χ0) is 14.4. The van der Waals surface area contributed by atoms with Gasteiger partial charge in [-0.15, -0.1) is 0 Å². The first kappa shape index (κ1) is 15.4. The summed E-state index contributed by atoms with van der Waals surface area (Å²) in [6, 6.07) is 8.24. The summed E-state index contributed by atoms with van der Waals surface area (Å²) < 4.78 is 5.14. The first-order valence-electron chi connectivity index (χ1n) is 7.23. The van der Waals surface area contributed by atoms with Gasteiger partial charge in [0.05, 0.1) is 13.5 Å². The summed E-state index contributed by atoms with van der Waals surface area (Å²) >= 11 is 3.45. The van der Waals surface area contributed by atoms with E-state index >= 15 is 0 Å². The van der Waals surface area contributed by atoms with Crippen LogP contribution in [-0.2, 0) is 11.2 Å². The number of carbonyl (C=O) groups is 1. The van der Waals surface area contributed by atoms with Crippen LogP contribution in [0.25, 0.3) is 0 Å². The molecule has 20 heavy (non-hydrogen) atoms. The first-order chi connectivity index (χ1) is 9.74. The normalized spacial score (nSPS) is 14.7. The van der Waals surface area contributed by atoms with Crippen LogP contribution < -0.4 is 4.74 Å². The van der Waals surface area contributed by atoms with Crippen molar-refractivity contribution in [2.45, 2.75) is 38.1 Å². The Bertz CT molecular complexity index is 429. The SMILES string of the molecule is COc1ccc(CC(=O)N(CCCBr)C2CCC2)cc1. The second-order valence-corrected chi connectivity index (χ2v) is 6.03. The molecule has 0 saturated heterocycles. The molecule has 3 nitrogen and oxygen atoms in total. The van der Waals surface area contributed by atoms with Gasteiger partial charge in [0.15, 0.2) is 0 Å². The summed E-state index contributed by atoms with van der Waals surface area (Å²) in [5.41, 5.74) is 1.05. The summed E-state index contributed by atoms with van der Waals surface area (Å²) in [7, 11) is 1.65. The van der Waals surface area contributed by atoms with Gasteiger partial charge in [-0.2, -0.15) is 0 Å². The Morgan fingerprint density at radius 2 is 2.05 bits per heavy atom. The molecule has 0 heterocycles. The van der Waals surface area contributed by atoms with Crippen LogP contribution in [0, 0.1) is 0 Å². The second-order valence-electron chi connectivity index (χ2n) is 5.24. The predicted octanol–water partition coefficient (Wildman–Crippen LogP) is 3.40. The van der Waals surface area contributed by atoms with Gasteiger partial charge in [0.25, 0.3) is 0 Å². The van der Waals surface area contributed by atoms with Crippen LogP contribution in [0.5, 0.6) is 5.75 Å². The van der Waals surface area contributed by atoms with Gasteiger partial charge >= 0.3 is 0 Å². The Morgan fingerprint density at radius 1 is 1.35 bits per heavy atom. The van der Waals surface area contributed by atoms with E-state index in [0.717, 1.165) is 42.5 Å². The lowest BCUT2D eigenvalue weighted by atomic mass is 9.91. The van der Waals surface area contributed by atoms with Crippen molar-refractivity contribution in [1.82, 2.24) is 4.90 Å². The highest BCUT2D eigenvalue weighted by molar-refractivity contribution is 9.09. The van der Waals surface area contributed by atoms with Gasteiger partial charge in [-0.05, 0) is 43.4 Å². The molecule has 1 aromatic rings. The number of benzene rings is 1. The van der Waals surface area contributed by atoms with E-state index in [1.165, 1.54) is 6.42 Å². The molecule has 2 rings (SSSR count). The summed E-state index contributed by atoms with van der Waals surface area (Å²) in [4.78, 5) is 14.6. The van der Waals surface area contributed by atoms with Crippen molar-refractivity contribution in [3.8, 4) is 5.75 Å². The molecule has 110 valence electrons. The van der Waals surface area contributed by atoms with E-state index < -0.39 is 0 Å². The fourth-order valence-corrected chi connectivity index (χ4v) is 2.71. The summed E-state index contributed by atoms with van der Waals surface area (Å²) in [6.45, 7) is 0.866. The van der Waals surface area contributed by atoms with Gasteiger partial charge in [0, 0.05) is 17.9 Å². The maximum Gasteiger partial charge on any atom is 0.227 e. The van der Waals surface area contributed by atoms with E-state index in [1.807, 2.05) is 24.3 Å². The summed E-state index contributed by atoms with van der Waals surface area (Å²) in [5.74, 6) is 1.08. The van der Waals surface area contributed by atoms with Crippen LogP contribution in [0.2, 0.25) is 0 Å². The number of hydrogen-bond donors (Lipinski definition) is 0. The van der Waals surface area contributed by atoms with Crippen molar-refractivity contribution in [2.75, 3.05) is 19.0 Å². The quantitative estimate of drug-likeness (QED) is 0.712. The molecule has 0 atom stereocenters. The highest BCUT2D eigenvalue weighted by Gasteiger charge is 2.28. The molecule has 0 aliphatic heterocycles. The van der Waals surface area contributed by atoms with Gasteiger partial charge in [0.1, 0.15) is 5.75 Å². The third-order valence-electron chi connectivity index (χ3n) is 3.88. The Hall–Kier alpha value is -1.03. The Balaban J connectivity index is 1.95. The van der Waals surface area contributed by atoms with E-state index in [0.29, 0.717) is 12.5 Å². The van der Waals surface area contributed by atoms with Crippen LogP contribution in [0.1, 0.15) is 31.2 Å². The monoisotopic (exact) mass is 339 g/mol. The Labute approximate surface area is 129 Å². The highest BCUT2D eigenvalue weighted by Crippen LogP contribution is 2.26. The molecule has 4 heteroatoms. The largest absolute Gasteiger partial charge is 0.497 e. The van der Waals surface area contributed by atoms with Gasteiger partial charge in [-0.25, -0.2) is 0 Å². The lowest BCUT2D eigenvalue weighted by Crippen LogP contribution is -2.45. The summed E-state index contributed by atoms with van der Waals surface area (Å²) in [6.07, 6.45) is 5.09.